The van der Waals surface area contributed by atoms with E-state index in [4.69, 9.17) is 9.47 Å². The Kier molecular flexibility index (Phi) is 6.41. The number of thiophene rings is 1. The number of carbonyl (C=O) groups is 3. The van der Waals surface area contributed by atoms with Crippen molar-refractivity contribution in [2.45, 2.75) is 53.1 Å². The van der Waals surface area contributed by atoms with Crippen molar-refractivity contribution in [3.63, 3.8) is 0 Å². The van der Waals surface area contributed by atoms with Crippen LogP contribution < -0.4 is 5.32 Å². The largest absolute Gasteiger partial charge is 0.462 e. The van der Waals surface area contributed by atoms with Crippen LogP contribution in [-0.4, -0.2) is 50.1 Å². The summed E-state index contributed by atoms with van der Waals surface area (Å²) in [5, 5.41) is 7.27. The van der Waals surface area contributed by atoms with Crippen molar-refractivity contribution in [2.24, 2.45) is 5.92 Å². The number of hydrogen-bond donors (Lipinski definition) is 1. The molecule has 0 bridgehead atoms. The lowest BCUT2D eigenvalue weighted by molar-refractivity contribution is -0.123. The van der Waals surface area contributed by atoms with Crippen LogP contribution in [0.2, 0.25) is 0 Å². The van der Waals surface area contributed by atoms with E-state index in [1.54, 1.807) is 26.1 Å². The van der Waals surface area contributed by atoms with Gasteiger partial charge in [0.1, 0.15) is 5.00 Å². The van der Waals surface area contributed by atoms with Crippen LogP contribution in [0.4, 0.5) is 5.00 Å². The van der Waals surface area contributed by atoms with Gasteiger partial charge in [0, 0.05) is 16.8 Å². The van der Waals surface area contributed by atoms with E-state index in [2.05, 4.69) is 27.3 Å². The fourth-order valence-electron chi connectivity index (χ4n) is 3.73. The van der Waals surface area contributed by atoms with Gasteiger partial charge in [0.2, 0.25) is 0 Å². The van der Waals surface area contributed by atoms with Crippen molar-refractivity contribution < 1.29 is 23.9 Å². The number of nitrogens with zero attached hydrogens (tertiary/aromatic N) is 4. The molecule has 174 valence electrons. The molecule has 1 amide bonds. The molecular formula is C22H25N5O5S. The van der Waals surface area contributed by atoms with Crippen LogP contribution in [-0.2, 0) is 27.1 Å². The molecule has 0 unspecified atom stereocenters. The van der Waals surface area contributed by atoms with E-state index >= 15 is 0 Å². The summed E-state index contributed by atoms with van der Waals surface area (Å²) in [6.07, 6.45) is 3.01. The maximum atomic E-state index is 12.8. The zero-order valence-electron chi connectivity index (χ0n) is 18.9. The van der Waals surface area contributed by atoms with Gasteiger partial charge in [-0.05, 0) is 57.6 Å². The minimum atomic E-state index is -1.13. The van der Waals surface area contributed by atoms with E-state index in [0.717, 1.165) is 35.4 Å². The van der Waals surface area contributed by atoms with E-state index in [-0.39, 0.29) is 18.2 Å². The summed E-state index contributed by atoms with van der Waals surface area (Å²) in [6.45, 7) is 7.39. The van der Waals surface area contributed by atoms with Crippen LogP contribution in [0.3, 0.4) is 0 Å². The maximum absolute atomic E-state index is 12.8. The number of ether oxygens (including phenoxy) is 2. The molecule has 1 aliphatic carbocycles. The van der Waals surface area contributed by atoms with Gasteiger partial charge >= 0.3 is 11.9 Å². The molecule has 0 fully saturated rings. The van der Waals surface area contributed by atoms with Crippen molar-refractivity contribution in [1.82, 2.24) is 19.6 Å². The summed E-state index contributed by atoms with van der Waals surface area (Å²) in [6, 6.07) is 1.73. The molecule has 3 aromatic rings. The number of nitrogens with one attached hydrogen (secondary N) is 1. The molecule has 0 aromatic carbocycles. The lowest BCUT2D eigenvalue weighted by atomic mass is 9.88. The number of amides is 1. The predicted molar refractivity (Wildman–Crippen MR) is 120 cm³/mol. The second kappa shape index (κ2) is 9.26. The minimum absolute atomic E-state index is 0.191. The highest BCUT2D eigenvalue weighted by atomic mass is 32.1. The number of carbonyl (C=O) groups excluding carboxylic acids is 3. The van der Waals surface area contributed by atoms with Crippen molar-refractivity contribution in [1.29, 1.82) is 0 Å². The zero-order chi connectivity index (χ0) is 23.7. The average Bonchev–Trinajstić information content (AvgIpc) is 3.35. The van der Waals surface area contributed by atoms with E-state index in [1.807, 2.05) is 0 Å². The number of aromatic nitrogens is 4. The van der Waals surface area contributed by atoms with Gasteiger partial charge in [0.25, 0.3) is 17.5 Å². The highest BCUT2D eigenvalue weighted by Gasteiger charge is 2.30. The van der Waals surface area contributed by atoms with Gasteiger partial charge in [0.05, 0.1) is 12.2 Å². The van der Waals surface area contributed by atoms with Gasteiger partial charge in [-0.1, -0.05) is 6.92 Å². The Hall–Kier alpha value is -3.34. The Morgan fingerprint density at radius 1 is 1.33 bits per heavy atom. The standard InChI is InChI=1S/C22H25N5O5S/c1-5-31-20(29)16-14-7-6-11(2)10-15(14)33-19(16)25-18(28)13(4)32-21(30)17-24-22-23-9-8-12(3)27(22)26-17/h8-9,11,13H,5-7,10H2,1-4H3,(H,25,28)/t11-,13-/m1/s1. The third-order valence-corrected chi connectivity index (χ3v) is 6.66. The number of aryl methyl sites for hydroxylation is 1. The first-order valence-corrected chi connectivity index (χ1v) is 11.6. The smallest absolute Gasteiger partial charge is 0.379 e. The molecule has 3 aromatic heterocycles. The molecule has 11 heteroatoms. The molecule has 3 heterocycles. The third kappa shape index (κ3) is 4.58. The lowest BCUT2D eigenvalue weighted by Crippen LogP contribution is -2.30. The summed E-state index contributed by atoms with van der Waals surface area (Å²) in [7, 11) is 0. The van der Waals surface area contributed by atoms with E-state index < -0.39 is 23.9 Å². The fourth-order valence-corrected chi connectivity index (χ4v) is 5.13. The van der Waals surface area contributed by atoms with Gasteiger partial charge in [-0.25, -0.2) is 19.1 Å². The Morgan fingerprint density at radius 2 is 2.12 bits per heavy atom. The van der Waals surface area contributed by atoms with E-state index in [1.165, 1.54) is 22.8 Å². The summed E-state index contributed by atoms with van der Waals surface area (Å²) >= 11 is 1.38. The number of hydrogen-bond acceptors (Lipinski definition) is 9. The lowest BCUT2D eigenvalue weighted by Gasteiger charge is -2.18. The van der Waals surface area contributed by atoms with Crippen LogP contribution in [0.15, 0.2) is 12.3 Å². The SMILES string of the molecule is CCOC(=O)c1c(NC(=O)[C@@H](C)OC(=O)c2nc3nccc(C)n3n2)sc2c1CC[C@@H](C)C2. The Bertz CT molecular complexity index is 1230. The normalized spacial score (nSPS) is 16.2. The fraction of sp³-hybridized carbons (Fsp3) is 0.455. The highest BCUT2D eigenvalue weighted by molar-refractivity contribution is 7.17. The Morgan fingerprint density at radius 3 is 2.85 bits per heavy atom. The summed E-state index contributed by atoms with van der Waals surface area (Å²) in [5.41, 5.74) is 2.09. The Balaban J connectivity index is 1.50. The van der Waals surface area contributed by atoms with Gasteiger partial charge in [-0.15, -0.1) is 16.4 Å². The van der Waals surface area contributed by atoms with Crippen LogP contribution in [0.5, 0.6) is 0 Å². The van der Waals surface area contributed by atoms with Gasteiger partial charge in [-0.3, -0.25) is 4.79 Å². The first-order chi connectivity index (χ1) is 15.8. The first kappa shape index (κ1) is 22.8. The summed E-state index contributed by atoms with van der Waals surface area (Å²) < 4.78 is 11.9. The van der Waals surface area contributed by atoms with Crippen molar-refractivity contribution in [3.05, 3.63) is 39.8 Å². The van der Waals surface area contributed by atoms with Crippen molar-refractivity contribution in [2.75, 3.05) is 11.9 Å². The summed E-state index contributed by atoms with van der Waals surface area (Å²) in [4.78, 5) is 47.1. The van der Waals surface area contributed by atoms with Crippen LogP contribution in [0.1, 0.15) is 64.3 Å². The van der Waals surface area contributed by atoms with E-state index in [9.17, 15) is 14.4 Å². The minimum Gasteiger partial charge on any atom is -0.462 e. The van der Waals surface area contributed by atoms with Gasteiger partial charge in [-0.2, -0.15) is 4.98 Å². The van der Waals surface area contributed by atoms with Crippen LogP contribution in [0.25, 0.3) is 5.78 Å². The second-order valence-corrected chi connectivity index (χ2v) is 9.15. The number of fused-ring (bicyclic) bond motifs is 2. The van der Waals surface area contributed by atoms with Gasteiger partial charge in [0.15, 0.2) is 6.10 Å². The molecule has 2 atom stereocenters. The number of rotatable bonds is 6. The molecule has 0 saturated heterocycles. The van der Waals surface area contributed by atoms with Crippen LogP contribution >= 0.6 is 11.3 Å². The molecule has 0 spiro atoms. The molecule has 0 saturated carbocycles. The predicted octanol–water partition coefficient (Wildman–Crippen LogP) is 2.98. The molecule has 0 radical (unpaired) electrons. The second-order valence-electron chi connectivity index (χ2n) is 8.05. The quantitative estimate of drug-likeness (QED) is 0.544. The van der Waals surface area contributed by atoms with Crippen LogP contribution in [0, 0.1) is 12.8 Å². The molecule has 0 aliphatic heterocycles. The molecule has 1 aliphatic rings. The number of anilines is 1. The van der Waals surface area contributed by atoms with E-state index in [0.29, 0.717) is 16.5 Å². The topological polar surface area (TPSA) is 125 Å². The van der Waals surface area contributed by atoms with Crippen molar-refractivity contribution in [3.8, 4) is 0 Å². The third-order valence-electron chi connectivity index (χ3n) is 5.49. The number of esters is 2. The monoisotopic (exact) mass is 471 g/mol. The average molecular weight is 472 g/mol. The van der Waals surface area contributed by atoms with Gasteiger partial charge < -0.3 is 14.8 Å². The molecular weight excluding hydrogens is 446 g/mol. The zero-order valence-corrected chi connectivity index (χ0v) is 19.7. The summed E-state index contributed by atoms with van der Waals surface area (Å²) in [5.74, 6) is -1.28. The molecule has 33 heavy (non-hydrogen) atoms. The molecule has 1 N–H and O–H groups in total. The van der Waals surface area contributed by atoms with Crippen molar-refractivity contribution >= 4 is 40.0 Å². The first-order valence-electron chi connectivity index (χ1n) is 10.8. The molecule has 4 rings (SSSR count). The molecule has 10 nitrogen and oxygen atoms in total. The maximum Gasteiger partial charge on any atom is 0.379 e. The highest BCUT2D eigenvalue weighted by Crippen LogP contribution is 2.40. The Labute approximate surface area is 194 Å².